The molecule has 104 valence electrons. The highest BCUT2D eigenvalue weighted by atomic mass is 79.9. The predicted molar refractivity (Wildman–Crippen MR) is 87.7 cm³/mol. The van der Waals surface area contributed by atoms with Crippen LogP contribution in [0.5, 0.6) is 0 Å². The highest BCUT2D eigenvalue weighted by molar-refractivity contribution is 9.10. The van der Waals surface area contributed by atoms with Crippen molar-refractivity contribution in [2.24, 2.45) is 0 Å². The first kappa shape index (κ1) is 15.2. The zero-order valence-electron chi connectivity index (χ0n) is 10.5. The van der Waals surface area contributed by atoms with Gasteiger partial charge in [-0.2, -0.15) is 0 Å². The van der Waals surface area contributed by atoms with E-state index < -0.39 is 0 Å². The monoisotopic (exact) mass is 372 g/mol. The Bertz CT molecular complexity index is 666. The zero-order chi connectivity index (χ0) is 14.9. The number of amides is 1. The third-order valence-corrected chi connectivity index (χ3v) is 4.63. The Hall–Kier alpha value is -1.23. The number of hydrogen-bond donors (Lipinski definition) is 2. The number of aryl methyl sites for hydroxylation is 1. The average molecular weight is 374 g/mol. The Morgan fingerprint density at radius 2 is 2.00 bits per heavy atom. The van der Waals surface area contributed by atoms with Crippen LogP contribution in [-0.2, 0) is 0 Å². The van der Waals surface area contributed by atoms with E-state index in [0.717, 1.165) is 10.0 Å². The Kier molecular flexibility index (Phi) is 4.58. The van der Waals surface area contributed by atoms with E-state index in [0.29, 0.717) is 11.3 Å². The van der Waals surface area contributed by atoms with Gasteiger partial charge < -0.3 is 11.1 Å². The number of carbonyl (C=O) groups excluding carboxylic acids is 1. The molecule has 0 aliphatic heterocycles. The van der Waals surface area contributed by atoms with Crippen LogP contribution in [0.1, 0.15) is 15.9 Å². The highest BCUT2D eigenvalue weighted by Gasteiger charge is 2.13. The van der Waals surface area contributed by atoms with Gasteiger partial charge in [-0.1, -0.05) is 35.3 Å². The van der Waals surface area contributed by atoms with Gasteiger partial charge >= 0.3 is 0 Å². The summed E-state index contributed by atoms with van der Waals surface area (Å²) in [6.45, 7) is 1.94. The Morgan fingerprint density at radius 3 is 2.65 bits per heavy atom. The summed E-state index contributed by atoms with van der Waals surface area (Å²) < 4.78 is 0.835. The van der Waals surface area contributed by atoms with Crippen LogP contribution < -0.4 is 11.1 Å². The molecule has 3 nitrogen and oxygen atoms in total. The molecule has 0 fully saturated rings. The lowest BCUT2D eigenvalue weighted by Crippen LogP contribution is -2.13. The van der Waals surface area contributed by atoms with Gasteiger partial charge in [0.25, 0.3) is 5.91 Å². The van der Waals surface area contributed by atoms with Crippen molar-refractivity contribution in [3.05, 3.63) is 56.0 Å². The SMILES string of the molecule is Cc1cccc(NC(=O)c2cc(N)c(Cl)c(Cl)c2)c1Br. The molecule has 0 aliphatic carbocycles. The van der Waals surface area contributed by atoms with E-state index in [1.165, 1.54) is 12.1 Å². The molecule has 1 amide bonds. The number of nitrogen functional groups attached to an aromatic ring is 1. The fraction of sp³-hybridized carbons (Fsp3) is 0.0714. The van der Waals surface area contributed by atoms with E-state index in [1.54, 1.807) is 6.07 Å². The summed E-state index contributed by atoms with van der Waals surface area (Å²) >= 11 is 15.2. The molecule has 2 rings (SSSR count). The van der Waals surface area contributed by atoms with Crippen molar-refractivity contribution in [1.82, 2.24) is 0 Å². The van der Waals surface area contributed by atoms with Crippen molar-refractivity contribution in [3.8, 4) is 0 Å². The molecule has 0 aromatic heterocycles. The van der Waals surface area contributed by atoms with Crippen LogP contribution in [0.3, 0.4) is 0 Å². The lowest BCUT2D eigenvalue weighted by atomic mass is 10.1. The number of benzene rings is 2. The fourth-order valence-corrected chi connectivity index (χ4v) is 2.38. The summed E-state index contributed by atoms with van der Waals surface area (Å²) in [5.41, 5.74) is 8.03. The van der Waals surface area contributed by atoms with Gasteiger partial charge in [-0.25, -0.2) is 0 Å². The maximum atomic E-state index is 12.2. The number of rotatable bonds is 2. The minimum atomic E-state index is -0.304. The number of nitrogens with two attached hydrogens (primary N) is 1. The van der Waals surface area contributed by atoms with Crippen molar-refractivity contribution in [2.75, 3.05) is 11.1 Å². The second kappa shape index (κ2) is 6.04. The summed E-state index contributed by atoms with van der Waals surface area (Å²) in [4.78, 5) is 12.2. The number of carbonyl (C=O) groups is 1. The molecule has 6 heteroatoms. The van der Waals surface area contributed by atoms with Crippen LogP contribution in [-0.4, -0.2) is 5.91 Å². The topological polar surface area (TPSA) is 55.1 Å². The van der Waals surface area contributed by atoms with Gasteiger partial charge in [-0.15, -0.1) is 0 Å². The van der Waals surface area contributed by atoms with Gasteiger partial charge in [0.15, 0.2) is 0 Å². The molecule has 0 aliphatic rings. The second-order valence-corrected chi connectivity index (χ2v) is 5.83. The number of nitrogens with one attached hydrogen (secondary N) is 1. The largest absolute Gasteiger partial charge is 0.397 e. The van der Waals surface area contributed by atoms with Crippen molar-refractivity contribution in [1.29, 1.82) is 0 Å². The van der Waals surface area contributed by atoms with E-state index >= 15 is 0 Å². The Morgan fingerprint density at radius 1 is 1.30 bits per heavy atom. The van der Waals surface area contributed by atoms with Gasteiger partial charge in [0.2, 0.25) is 0 Å². The average Bonchev–Trinajstić information content (AvgIpc) is 2.40. The first-order valence-corrected chi connectivity index (χ1v) is 7.26. The van der Waals surface area contributed by atoms with Crippen molar-refractivity contribution < 1.29 is 4.79 Å². The third-order valence-electron chi connectivity index (χ3n) is 2.76. The molecule has 0 saturated carbocycles. The summed E-state index contributed by atoms with van der Waals surface area (Å²) in [5, 5.41) is 3.30. The normalized spacial score (nSPS) is 10.4. The van der Waals surface area contributed by atoms with Gasteiger partial charge in [-0.3, -0.25) is 4.79 Å². The molecule has 0 unspecified atom stereocenters. The molecule has 2 aromatic rings. The molecular formula is C14H11BrCl2N2O. The molecule has 0 saturated heterocycles. The predicted octanol–water partition coefficient (Wildman–Crippen LogP) is 4.90. The van der Waals surface area contributed by atoms with Crippen LogP contribution in [0, 0.1) is 6.92 Å². The lowest BCUT2D eigenvalue weighted by molar-refractivity contribution is 0.102. The second-order valence-electron chi connectivity index (χ2n) is 4.25. The standard InChI is InChI=1S/C14H11BrCl2N2O/c1-7-3-2-4-11(12(7)15)19-14(20)8-5-9(16)13(17)10(18)6-8/h2-6H,18H2,1H3,(H,19,20). The Labute approximate surface area is 135 Å². The van der Waals surface area contributed by atoms with Crippen molar-refractivity contribution in [2.45, 2.75) is 6.92 Å². The molecule has 3 N–H and O–H groups in total. The third kappa shape index (κ3) is 3.08. The van der Waals surface area contributed by atoms with Crippen LogP contribution in [0.25, 0.3) is 0 Å². The number of anilines is 2. The van der Waals surface area contributed by atoms with E-state index in [9.17, 15) is 4.79 Å². The highest BCUT2D eigenvalue weighted by Crippen LogP contribution is 2.30. The van der Waals surface area contributed by atoms with Crippen LogP contribution in [0.4, 0.5) is 11.4 Å². The quantitative estimate of drug-likeness (QED) is 0.735. The minimum Gasteiger partial charge on any atom is -0.397 e. The van der Waals surface area contributed by atoms with Gasteiger partial charge in [0.1, 0.15) is 0 Å². The van der Waals surface area contributed by atoms with Crippen molar-refractivity contribution in [3.63, 3.8) is 0 Å². The summed E-state index contributed by atoms with van der Waals surface area (Å²) in [5.74, 6) is -0.304. The van der Waals surface area contributed by atoms with Gasteiger partial charge in [0.05, 0.1) is 21.4 Å². The smallest absolute Gasteiger partial charge is 0.255 e. The first-order valence-electron chi connectivity index (χ1n) is 5.71. The van der Waals surface area contributed by atoms with Crippen LogP contribution in [0.15, 0.2) is 34.8 Å². The first-order chi connectivity index (χ1) is 9.40. The van der Waals surface area contributed by atoms with Crippen LogP contribution in [0.2, 0.25) is 10.0 Å². The number of hydrogen-bond acceptors (Lipinski definition) is 2. The molecule has 2 aromatic carbocycles. The maximum Gasteiger partial charge on any atom is 0.255 e. The molecular weight excluding hydrogens is 363 g/mol. The fourth-order valence-electron chi connectivity index (χ4n) is 1.68. The molecule has 0 radical (unpaired) electrons. The van der Waals surface area contributed by atoms with Crippen molar-refractivity contribution >= 4 is 56.4 Å². The van der Waals surface area contributed by atoms with E-state index in [1.807, 2.05) is 19.1 Å². The van der Waals surface area contributed by atoms with E-state index in [-0.39, 0.29) is 21.6 Å². The van der Waals surface area contributed by atoms with Gasteiger partial charge in [0, 0.05) is 10.0 Å². The summed E-state index contributed by atoms with van der Waals surface area (Å²) in [7, 11) is 0. The minimum absolute atomic E-state index is 0.250. The zero-order valence-corrected chi connectivity index (χ0v) is 13.6. The molecule has 20 heavy (non-hydrogen) atoms. The molecule has 0 spiro atoms. The Balaban J connectivity index is 2.31. The van der Waals surface area contributed by atoms with E-state index in [4.69, 9.17) is 28.9 Å². The summed E-state index contributed by atoms with van der Waals surface area (Å²) in [6, 6.07) is 8.58. The van der Waals surface area contributed by atoms with E-state index in [2.05, 4.69) is 21.2 Å². The van der Waals surface area contributed by atoms with Crippen LogP contribution >= 0.6 is 39.1 Å². The van der Waals surface area contributed by atoms with Gasteiger partial charge in [-0.05, 0) is 46.6 Å². The molecule has 0 bridgehead atoms. The molecule has 0 heterocycles. The number of halogens is 3. The summed E-state index contributed by atoms with van der Waals surface area (Å²) in [6.07, 6.45) is 0. The lowest BCUT2D eigenvalue weighted by Gasteiger charge is -2.10. The maximum absolute atomic E-state index is 12.2. The molecule has 0 atom stereocenters.